The zero-order valence-electron chi connectivity index (χ0n) is 23.8. The van der Waals surface area contributed by atoms with Crippen LogP contribution in [0.4, 0.5) is 4.79 Å². The van der Waals surface area contributed by atoms with Gasteiger partial charge in [-0.25, -0.2) is 13.2 Å². The van der Waals surface area contributed by atoms with Gasteiger partial charge in [0.15, 0.2) is 9.84 Å². The summed E-state index contributed by atoms with van der Waals surface area (Å²) in [4.78, 5) is 30.6. The average Bonchev–Trinajstić information content (AvgIpc) is 3.16. The molecule has 2 aliphatic rings. The standard InChI is InChI=1S/C30H40ClN3O5S/c1-29(2,3)39-28(36)32-26(23-6-5-7-24(31)20-23)12-16-33-17-13-30(14-18-33)15-19-34(27(30)35)21-22-8-10-25(11-9-22)40(4,37)38/h5-11,20,26H,12-19,21H2,1-4H3,(H,32,36). The van der Waals surface area contributed by atoms with E-state index in [1.54, 1.807) is 24.3 Å². The lowest BCUT2D eigenvalue weighted by molar-refractivity contribution is -0.138. The van der Waals surface area contributed by atoms with Gasteiger partial charge in [-0.05, 0) is 94.9 Å². The Morgan fingerprint density at radius 2 is 1.73 bits per heavy atom. The lowest BCUT2D eigenvalue weighted by atomic mass is 9.77. The van der Waals surface area contributed by atoms with Gasteiger partial charge in [0.25, 0.3) is 0 Å². The molecule has 4 rings (SSSR count). The van der Waals surface area contributed by atoms with Gasteiger partial charge in [0.05, 0.1) is 16.4 Å². The zero-order chi connectivity index (χ0) is 29.1. The van der Waals surface area contributed by atoms with Gasteiger partial charge in [0, 0.05) is 30.9 Å². The van der Waals surface area contributed by atoms with Crippen LogP contribution in [0.5, 0.6) is 0 Å². The SMILES string of the molecule is CC(C)(C)OC(=O)NC(CCN1CCC2(CC1)CCN(Cc1ccc(S(C)(=O)=O)cc1)C2=O)c1cccc(Cl)c1. The van der Waals surface area contributed by atoms with Crippen molar-refractivity contribution in [2.75, 3.05) is 32.4 Å². The first kappa shape index (κ1) is 30.3. The molecule has 0 radical (unpaired) electrons. The quantitative estimate of drug-likeness (QED) is 0.454. The molecule has 218 valence electrons. The van der Waals surface area contributed by atoms with Crippen LogP contribution in [0.3, 0.4) is 0 Å². The van der Waals surface area contributed by atoms with Crippen LogP contribution in [0.25, 0.3) is 0 Å². The average molecular weight is 590 g/mol. The van der Waals surface area contributed by atoms with E-state index in [2.05, 4.69) is 10.2 Å². The molecular weight excluding hydrogens is 550 g/mol. The van der Waals surface area contributed by atoms with Crippen LogP contribution >= 0.6 is 11.6 Å². The Bertz CT molecular complexity index is 1320. The maximum Gasteiger partial charge on any atom is 0.408 e. The van der Waals surface area contributed by atoms with Crippen molar-refractivity contribution < 1.29 is 22.7 Å². The summed E-state index contributed by atoms with van der Waals surface area (Å²) in [6, 6.07) is 14.1. The number of sulfone groups is 1. The smallest absolute Gasteiger partial charge is 0.408 e. The molecule has 0 bridgehead atoms. The number of halogens is 1. The van der Waals surface area contributed by atoms with Crippen molar-refractivity contribution in [2.45, 2.75) is 69.5 Å². The molecule has 2 aliphatic heterocycles. The number of hydrogen-bond donors (Lipinski definition) is 1. The Balaban J connectivity index is 1.32. The second-order valence-corrected chi connectivity index (χ2v) is 14.5. The highest BCUT2D eigenvalue weighted by Gasteiger charge is 2.47. The first-order valence-electron chi connectivity index (χ1n) is 13.8. The van der Waals surface area contributed by atoms with Crippen molar-refractivity contribution in [1.82, 2.24) is 15.1 Å². The number of piperidine rings is 1. The molecule has 0 aromatic heterocycles. The minimum atomic E-state index is -3.24. The number of likely N-dealkylation sites (tertiary alicyclic amines) is 2. The molecule has 0 aliphatic carbocycles. The van der Waals surface area contributed by atoms with Crippen molar-refractivity contribution in [3.8, 4) is 0 Å². The topological polar surface area (TPSA) is 96.0 Å². The number of hydrogen-bond acceptors (Lipinski definition) is 6. The van der Waals surface area contributed by atoms with Gasteiger partial charge < -0.3 is 19.9 Å². The Hall–Kier alpha value is -2.62. The summed E-state index contributed by atoms with van der Waals surface area (Å²) in [6.07, 6.45) is 3.87. The molecule has 2 amide bonds. The van der Waals surface area contributed by atoms with Gasteiger partial charge in [0.1, 0.15) is 5.60 Å². The maximum absolute atomic E-state index is 13.5. The molecule has 10 heteroatoms. The largest absolute Gasteiger partial charge is 0.444 e. The van der Waals surface area contributed by atoms with E-state index in [0.29, 0.717) is 24.5 Å². The molecule has 1 N–H and O–H groups in total. The number of carbonyl (C=O) groups is 2. The fourth-order valence-corrected chi connectivity index (χ4v) is 6.41. The van der Waals surface area contributed by atoms with Gasteiger partial charge in [0.2, 0.25) is 5.91 Å². The van der Waals surface area contributed by atoms with Crippen LogP contribution in [0.2, 0.25) is 5.02 Å². The van der Waals surface area contributed by atoms with Gasteiger partial charge >= 0.3 is 6.09 Å². The minimum absolute atomic E-state index is 0.197. The lowest BCUT2D eigenvalue weighted by Crippen LogP contribution is -2.45. The van der Waals surface area contributed by atoms with E-state index in [4.69, 9.17) is 16.3 Å². The Morgan fingerprint density at radius 1 is 1.07 bits per heavy atom. The van der Waals surface area contributed by atoms with Crippen LogP contribution in [-0.4, -0.2) is 68.3 Å². The van der Waals surface area contributed by atoms with Crippen molar-refractivity contribution >= 4 is 33.4 Å². The molecule has 8 nitrogen and oxygen atoms in total. The molecular formula is C30H40ClN3O5S. The van der Waals surface area contributed by atoms with Crippen molar-refractivity contribution in [2.24, 2.45) is 5.41 Å². The fraction of sp³-hybridized carbons (Fsp3) is 0.533. The monoisotopic (exact) mass is 589 g/mol. The number of rotatable bonds is 8. The molecule has 2 heterocycles. The van der Waals surface area contributed by atoms with Gasteiger partial charge in [-0.1, -0.05) is 35.9 Å². The number of nitrogens with one attached hydrogen (secondary N) is 1. The summed E-state index contributed by atoms with van der Waals surface area (Å²) >= 11 is 6.24. The number of alkyl carbamates (subject to hydrolysis) is 1. The Morgan fingerprint density at radius 3 is 2.33 bits per heavy atom. The predicted molar refractivity (Wildman–Crippen MR) is 156 cm³/mol. The highest BCUT2D eigenvalue weighted by molar-refractivity contribution is 7.90. The van der Waals surface area contributed by atoms with Crippen molar-refractivity contribution in [3.63, 3.8) is 0 Å². The zero-order valence-corrected chi connectivity index (χ0v) is 25.4. The van der Waals surface area contributed by atoms with Crippen molar-refractivity contribution in [1.29, 1.82) is 0 Å². The van der Waals surface area contributed by atoms with Crippen LogP contribution in [0.1, 0.15) is 63.6 Å². The van der Waals surface area contributed by atoms with E-state index in [9.17, 15) is 18.0 Å². The third-order valence-corrected chi connectivity index (χ3v) is 9.18. The Labute approximate surface area is 242 Å². The van der Waals surface area contributed by atoms with E-state index in [1.165, 1.54) is 6.26 Å². The highest BCUT2D eigenvalue weighted by atomic mass is 35.5. The summed E-state index contributed by atoms with van der Waals surface area (Å²) < 4.78 is 29.0. The molecule has 2 aromatic carbocycles. The summed E-state index contributed by atoms with van der Waals surface area (Å²) in [6.45, 7) is 9.12. The van der Waals surface area contributed by atoms with Crippen LogP contribution < -0.4 is 5.32 Å². The van der Waals surface area contributed by atoms with Crippen LogP contribution in [-0.2, 0) is 25.9 Å². The minimum Gasteiger partial charge on any atom is -0.444 e. The van der Waals surface area contributed by atoms with E-state index >= 15 is 0 Å². The number of ether oxygens (including phenoxy) is 1. The summed E-state index contributed by atoms with van der Waals surface area (Å²) in [7, 11) is -3.24. The second kappa shape index (κ2) is 12.1. The molecule has 2 fully saturated rings. The molecule has 40 heavy (non-hydrogen) atoms. The first-order valence-corrected chi connectivity index (χ1v) is 16.1. The number of nitrogens with zero attached hydrogens (tertiary/aromatic N) is 2. The molecule has 1 unspecified atom stereocenters. The summed E-state index contributed by atoms with van der Waals surface area (Å²) in [5, 5.41) is 3.63. The lowest BCUT2D eigenvalue weighted by Gasteiger charge is -2.38. The summed E-state index contributed by atoms with van der Waals surface area (Å²) in [5.74, 6) is 0.197. The predicted octanol–water partition coefficient (Wildman–Crippen LogP) is 5.21. The van der Waals surface area contributed by atoms with E-state index in [1.807, 2.05) is 49.9 Å². The third-order valence-electron chi connectivity index (χ3n) is 7.82. The van der Waals surface area contributed by atoms with Gasteiger partial charge in [-0.3, -0.25) is 4.79 Å². The number of amides is 2. The van der Waals surface area contributed by atoms with Crippen molar-refractivity contribution in [3.05, 3.63) is 64.7 Å². The van der Waals surface area contributed by atoms with E-state index in [0.717, 1.165) is 50.0 Å². The first-order chi connectivity index (χ1) is 18.7. The number of benzene rings is 2. The van der Waals surface area contributed by atoms with Crippen LogP contribution in [0, 0.1) is 5.41 Å². The normalized spacial score (nSPS) is 18.6. The van der Waals surface area contributed by atoms with Gasteiger partial charge in [-0.15, -0.1) is 0 Å². The van der Waals surface area contributed by atoms with E-state index in [-0.39, 0.29) is 22.3 Å². The molecule has 1 spiro atoms. The maximum atomic E-state index is 13.5. The highest BCUT2D eigenvalue weighted by Crippen LogP contribution is 2.42. The molecule has 1 atom stereocenters. The molecule has 2 aromatic rings. The second-order valence-electron chi connectivity index (χ2n) is 12.1. The van der Waals surface area contributed by atoms with Gasteiger partial charge in [-0.2, -0.15) is 0 Å². The molecule has 0 saturated carbocycles. The van der Waals surface area contributed by atoms with Crippen LogP contribution in [0.15, 0.2) is 53.4 Å². The Kier molecular flexibility index (Phi) is 9.17. The third kappa shape index (κ3) is 7.77. The van der Waals surface area contributed by atoms with E-state index < -0.39 is 21.5 Å². The molecule has 2 saturated heterocycles. The summed E-state index contributed by atoms with van der Waals surface area (Å²) in [5.41, 5.74) is 0.938. The number of carbonyl (C=O) groups excluding carboxylic acids is 2. The fourth-order valence-electron chi connectivity index (χ4n) is 5.58.